The van der Waals surface area contributed by atoms with Crippen molar-refractivity contribution in [3.63, 3.8) is 0 Å². The summed E-state index contributed by atoms with van der Waals surface area (Å²) in [6, 6.07) is 10.5. The van der Waals surface area contributed by atoms with E-state index in [0.29, 0.717) is 44.7 Å². The molecule has 6 nitrogen and oxygen atoms in total. The molecule has 33 heavy (non-hydrogen) atoms. The number of alkyl halides is 3. The number of piperazine rings is 1. The van der Waals surface area contributed by atoms with Gasteiger partial charge in [0.05, 0.1) is 18.3 Å². The van der Waals surface area contributed by atoms with Gasteiger partial charge in [-0.1, -0.05) is 30.3 Å². The van der Waals surface area contributed by atoms with Gasteiger partial charge in [-0.2, -0.15) is 18.3 Å². The molecule has 0 radical (unpaired) electrons. The third-order valence-electron chi connectivity index (χ3n) is 5.43. The first kappa shape index (κ1) is 24.5. The fraction of sp³-hybridized carbons (Fsp3) is 0.333. The summed E-state index contributed by atoms with van der Waals surface area (Å²) in [5, 5.41) is 14.1. The van der Waals surface area contributed by atoms with Crippen LogP contribution in [-0.2, 0) is 23.9 Å². The molecule has 1 aliphatic heterocycles. The summed E-state index contributed by atoms with van der Waals surface area (Å²) in [7, 11) is 0. The number of hydrogen-bond acceptors (Lipinski definition) is 5. The Hall–Kier alpha value is -3.17. The van der Waals surface area contributed by atoms with Crippen molar-refractivity contribution in [1.29, 1.82) is 0 Å². The molecule has 1 aliphatic rings. The van der Waals surface area contributed by atoms with E-state index in [1.54, 1.807) is 24.3 Å². The number of hydrogen-bond donors (Lipinski definition) is 2. The van der Waals surface area contributed by atoms with Gasteiger partial charge >= 0.3 is 6.18 Å². The van der Waals surface area contributed by atoms with E-state index in [1.165, 1.54) is 18.3 Å². The van der Waals surface area contributed by atoms with Crippen LogP contribution in [0, 0.1) is 0 Å². The second-order valence-electron chi connectivity index (χ2n) is 7.89. The second kappa shape index (κ2) is 11.1. The average Bonchev–Trinajstić information content (AvgIpc) is 2.77. The largest absolute Gasteiger partial charge is 0.507 e. The molecule has 1 saturated heterocycles. The lowest BCUT2D eigenvalue weighted by Crippen LogP contribution is -2.48. The Morgan fingerprint density at radius 1 is 1.09 bits per heavy atom. The minimum Gasteiger partial charge on any atom is -0.507 e. The third-order valence-corrected chi connectivity index (χ3v) is 5.43. The second-order valence-corrected chi connectivity index (χ2v) is 7.89. The van der Waals surface area contributed by atoms with Gasteiger partial charge in [0.15, 0.2) is 0 Å². The van der Waals surface area contributed by atoms with E-state index in [9.17, 15) is 23.1 Å². The molecule has 2 N–H and O–H groups in total. The summed E-state index contributed by atoms with van der Waals surface area (Å²) in [6.07, 6.45) is -0.696. The molecule has 0 spiro atoms. The number of carbonyl (C=O) groups is 1. The number of nitrogens with zero attached hydrogens (tertiary/aromatic N) is 3. The molecule has 9 heteroatoms. The summed E-state index contributed by atoms with van der Waals surface area (Å²) >= 11 is 0. The maximum absolute atomic E-state index is 12.7. The molecule has 0 unspecified atom stereocenters. The fourth-order valence-electron chi connectivity index (χ4n) is 3.61. The number of amides is 1. The summed E-state index contributed by atoms with van der Waals surface area (Å²) in [6.45, 7) is 7.17. The minimum absolute atomic E-state index is 0.111. The molecule has 1 heterocycles. The van der Waals surface area contributed by atoms with Gasteiger partial charge in [-0.05, 0) is 35.7 Å². The molecule has 0 atom stereocenters. The zero-order valence-electron chi connectivity index (χ0n) is 18.2. The van der Waals surface area contributed by atoms with Gasteiger partial charge < -0.3 is 5.11 Å². The number of allylic oxidation sites excluding steroid dienone is 1. The van der Waals surface area contributed by atoms with Crippen LogP contribution in [-0.4, -0.2) is 59.8 Å². The van der Waals surface area contributed by atoms with E-state index in [4.69, 9.17) is 0 Å². The summed E-state index contributed by atoms with van der Waals surface area (Å²) < 4.78 is 38.0. The van der Waals surface area contributed by atoms with E-state index in [2.05, 4.69) is 22.0 Å². The number of hydrazone groups is 1. The van der Waals surface area contributed by atoms with Gasteiger partial charge in [0, 0.05) is 38.3 Å². The van der Waals surface area contributed by atoms with Gasteiger partial charge in [0.2, 0.25) is 0 Å². The zero-order valence-corrected chi connectivity index (χ0v) is 18.2. The molecule has 2 aromatic rings. The van der Waals surface area contributed by atoms with Crippen molar-refractivity contribution in [3.05, 3.63) is 77.4 Å². The Kier molecular flexibility index (Phi) is 8.24. The van der Waals surface area contributed by atoms with Crippen LogP contribution in [0.1, 0.15) is 22.3 Å². The number of nitrogens with one attached hydrogen (secondary N) is 1. The Morgan fingerprint density at radius 3 is 2.39 bits per heavy atom. The lowest BCUT2D eigenvalue weighted by molar-refractivity contribution is -0.137. The molecule has 1 amide bonds. The van der Waals surface area contributed by atoms with Crippen molar-refractivity contribution in [2.45, 2.75) is 19.1 Å². The van der Waals surface area contributed by atoms with Crippen LogP contribution in [0.15, 0.2) is 60.2 Å². The predicted octanol–water partition coefficient (Wildman–Crippen LogP) is 3.41. The Labute approximate surface area is 191 Å². The highest BCUT2D eigenvalue weighted by Gasteiger charge is 2.30. The first-order valence-corrected chi connectivity index (χ1v) is 10.6. The maximum Gasteiger partial charge on any atom is 0.416 e. The molecule has 1 fully saturated rings. The highest BCUT2D eigenvalue weighted by atomic mass is 19.4. The van der Waals surface area contributed by atoms with Crippen LogP contribution in [0.4, 0.5) is 13.2 Å². The number of para-hydroxylation sites is 1. The molecule has 3 rings (SSSR count). The molecule has 2 aromatic carbocycles. The molecule has 176 valence electrons. The summed E-state index contributed by atoms with van der Waals surface area (Å²) in [5.41, 5.74) is 3.89. The molecule has 0 aliphatic carbocycles. The number of rotatable bonds is 8. The van der Waals surface area contributed by atoms with Gasteiger partial charge in [0.1, 0.15) is 5.75 Å². The molecule has 0 bridgehead atoms. The van der Waals surface area contributed by atoms with Crippen molar-refractivity contribution in [1.82, 2.24) is 15.2 Å². The van der Waals surface area contributed by atoms with Crippen molar-refractivity contribution in [3.8, 4) is 5.75 Å². The van der Waals surface area contributed by atoms with Crippen LogP contribution >= 0.6 is 0 Å². The van der Waals surface area contributed by atoms with Crippen molar-refractivity contribution >= 4 is 12.1 Å². The van der Waals surface area contributed by atoms with Crippen LogP contribution in [0.2, 0.25) is 0 Å². The van der Waals surface area contributed by atoms with E-state index in [0.717, 1.165) is 23.3 Å². The Balaban J connectivity index is 1.42. The first-order valence-electron chi connectivity index (χ1n) is 10.6. The van der Waals surface area contributed by atoms with Crippen LogP contribution < -0.4 is 5.43 Å². The van der Waals surface area contributed by atoms with Crippen LogP contribution in [0.5, 0.6) is 5.75 Å². The number of carbonyl (C=O) groups excluding carboxylic acids is 1. The first-order chi connectivity index (χ1) is 15.8. The van der Waals surface area contributed by atoms with Crippen LogP contribution in [0.25, 0.3) is 0 Å². The molecular weight excluding hydrogens is 433 g/mol. The fourth-order valence-corrected chi connectivity index (χ4v) is 3.61. The smallest absolute Gasteiger partial charge is 0.416 e. The predicted molar refractivity (Wildman–Crippen MR) is 121 cm³/mol. The van der Waals surface area contributed by atoms with E-state index in [-0.39, 0.29) is 18.2 Å². The SMILES string of the molecule is C=CCc1cccc(C=NNC(=O)CN2CCN(Cc3ccc(C(F)(F)F)cc3)CC2)c1O. The Bertz CT molecular complexity index is 982. The van der Waals surface area contributed by atoms with Crippen molar-refractivity contribution < 1.29 is 23.1 Å². The molecule has 0 aromatic heterocycles. The van der Waals surface area contributed by atoms with Crippen LogP contribution in [0.3, 0.4) is 0 Å². The van der Waals surface area contributed by atoms with Gasteiger partial charge in [-0.25, -0.2) is 5.43 Å². The lowest BCUT2D eigenvalue weighted by atomic mass is 10.1. The highest BCUT2D eigenvalue weighted by molar-refractivity contribution is 5.86. The van der Waals surface area contributed by atoms with Crippen molar-refractivity contribution in [2.75, 3.05) is 32.7 Å². The zero-order chi connectivity index (χ0) is 23.8. The number of phenolic OH excluding ortho intramolecular Hbond substituents is 1. The number of aromatic hydroxyl groups is 1. The maximum atomic E-state index is 12.7. The summed E-state index contributed by atoms with van der Waals surface area (Å²) in [4.78, 5) is 16.3. The quantitative estimate of drug-likeness (QED) is 0.360. The van der Waals surface area contributed by atoms with Crippen molar-refractivity contribution in [2.24, 2.45) is 5.10 Å². The summed E-state index contributed by atoms with van der Waals surface area (Å²) in [5.74, 6) is -0.149. The molecular formula is C24H27F3N4O2. The average molecular weight is 461 g/mol. The Morgan fingerprint density at radius 2 is 1.76 bits per heavy atom. The number of halogens is 3. The van der Waals surface area contributed by atoms with E-state index in [1.807, 2.05) is 4.90 Å². The lowest BCUT2D eigenvalue weighted by Gasteiger charge is -2.34. The van der Waals surface area contributed by atoms with Gasteiger partial charge in [-0.3, -0.25) is 14.6 Å². The monoisotopic (exact) mass is 460 g/mol. The third kappa shape index (κ3) is 7.16. The topological polar surface area (TPSA) is 68.2 Å². The minimum atomic E-state index is -4.33. The van der Waals surface area contributed by atoms with Gasteiger partial charge in [-0.15, -0.1) is 6.58 Å². The van der Waals surface area contributed by atoms with E-state index < -0.39 is 11.7 Å². The number of benzene rings is 2. The van der Waals surface area contributed by atoms with E-state index >= 15 is 0 Å². The standard InChI is InChI=1S/C24H27F3N4O2/c1-2-4-19-5-3-6-20(23(19)33)15-28-29-22(32)17-31-13-11-30(12-14-31)16-18-7-9-21(10-8-18)24(25,26)27/h2-3,5-10,15,33H,1,4,11-14,16-17H2,(H,29,32). The normalized spacial score (nSPS) is 15.6. The number of phenols is 1. The highest BCUT2D eigenvalue weighted by Crippen LogP contribution is 2.29. The molecule has 0 saturated carbocycles. The van der Waals surface area contributed by atoms with Gasteiger partial charge in [0.25, 0.3) is 5.91 Å².